The zero-order valence-corrected chi connectivity index (χ0v) is 18.2. The summed E-state index contributed by atoms with van der Waals surface area (Å²) >= 11 is 0. The van der Waals surface area contributed by atoms with Crippen molar-refractivity contribution in [3.8, 4) is 11.8 Å². The van der Waals surface area contributed by atoms with Gasteiger partial charge in [0.25, 0.3) is 5.91 Å². The van der Waals surface area contributed by atoms with Crippen LogP contribution in [-0.2, 0) is 16.4 Å². The van der Waals surface area contributed by atoms with Crippen LogP contribution in [0.15, 0.2) is 48.8 Å². The van der Waals surface area contributed by atoms with Crippen molar-refractivity contribution in [2.45, 2.75) is 44.2 Å². The highest BCUT2D eigenvalue weighted by atomic mass is 19.4. The van der Waals surface area contributed by atoms with Gasteiger partial charge in [0.1, 0.15) is 11.2 Å². The molecule has 174 valence electrons. The second-order valence-corrected chi connectivity index (χ2v) is 8.22. The molecule has 0 atom stereocenters. The normalized spacial score (nSPS) is 15.6. The summed E-state index contributed by atoms with van der Waals surface area (Å²) in [5.74, 6) is -0.314. The highest BCUT2D eigenvalue weighted by Crippen LogP contribution is 2.37. The van der Waals surface area contributed by atoms with Gasteiger partial charge in [0.15, 0.2) is 0 Å². The van der Waals surface area contributed by atoms with Crippen molar-refractivity contribution in [1.82, 2.24) is 14.8 Å². The summed E-state index contributed by atoms with van der Waals surface area (Å²) in [7, 11) is 0. The number of halogens is 3. The average molecular weight is 467 g/mol. The van der Waals surface area contributed by atoms with Gasteiger partial charge in [-0.05, 0) is 56.2 Å². The number of hydrogen-bond acceptors (Lipinski definition) is 5. The molecule has 0 unspecified atom stereocenters. The number of carbonyl (C=O) groups excluding carboxylic acids is 2. The molecule has 7 nitrogen and oxygen atoms in total. The van der Waals surface area contributed by atoms with E-state index < -0.39 is 23.1 Å². The van der Waals surface area contributed by atoms with Gasteiger partial charge in [-0.15, -0.1) is 0 Å². The lowest BCUT2D eigenvalue weighted by atomic mass is 9.72. The minimum absolute atomic E-state index is 0.141. The van der Waals surface area contributed by atoms with Crippen LogP contribution in [0, 0.1) is 18.3 Å². The molecular weight excluding hydrogens is 447 g/mol. The van der Waals surface area contributed by atoms with Crippen molar-refractivity contribution in [1.29, 1.82) is 5.26 Å². The summed E-state index contributed by atoms with van der Waals surface area (Å²) < 4.78 is 39.8. The van der Waals surface area contributed by atoms with E-state index in [0.29, 0.717) is 48.4 Å². The SMILES string of the molecule is Cc1c(C(=O)Nc2ccc(C3(C#N)CCC(=O)CC3)nc2)cnn1-c1ccc(C(F)(F)F)cc1. The summed E-state index contributed by atoms with van der Waals surface area (Å²) in [4.78, 5) is 28.7. The summed E-state index contributed by atoms with van der Waals surface area (Å²) in [5, 5.41) is 16.5. The molecule has 1 amide bonds. The molecule has 0 bridgehead atoms. The van der Waals surface area contributed by atoms with Crippen LogP contribution in [0.1, 0.15) is 53.0 Å². The molecule has 10 heteroatoms. The van der Waals surface area contributed by atoms with E-state index >= 15 is 0 Å². The third kappa shape index (κ3) is 4.41. The van der Waals surface area contributed by atoms with E-state index in [4.69, 9.17) is 0 Å². The van der Waals surface area contributed by atoms with E-state index in [9.17, 15) is 28.0 Å². The minimum Gasteiger partial charge on any atom is -0.320 e. The number of nitriles is 1. The number of alkyl halides is 3. The lowest BCUT2D eigenvalue weighted by Crippen LogP contribution is -2.31. The fourth-order valence-electron chi connectivity index (χ4n) is 4.01. The van der Waals surface area contributed by atoms with Gasteiger partial charge in [0.2, 0.25) is 0 Å². The third-order valence-corrected chi connectivity index (χ3v) is 6.08. The van der Waals surface area contributed by atoms with Gasteiger partial charge in [-0.2, -0.15) is 23.5 Å². The Balaban J connectivity index is 1.49. The second kappa shape index (κ2) is 8.74. The van der Waals surface area contributed by atoms with E-state index in [1.165, 1.54) is 29.2 Å². The van der Waals surface area contributed by atoms with Crippen LogP contribution in [0.2, 0.25) is 0 Å². The molecule has 1 saturated carbocycles. The number of ketones is 1. The van der Waals surface area contributed by atoms with Gasteiger partial charge in [0, 0.05) is 12.8 Å². The first kappa shape index (κ1) is 23.2. The number of rotatable bonds is 4. The molecule has 2 aromatic heterocycles. The molecule has 3 aromatic rings. The highest BCUT2D eigenvalue weighted by Gasteiger charge is 2.38. The van der Waals surface area contributed by atoms with E-state index in [0.717, 1.165) is 12.1 Å². The third-order valence-electron chi connectivity index (χ3n) is 6.08. The van der Waals surface area contributed by atoms with Crippen LogP contribution < -0.4 is 5.32 Å². The number of anilines is 1. The van der Waals surface area contributed by atoms with Crippen molar-refractivity contribution in [2.75, 3.05) is 5.32 Å². The first-order chi connectivity index (χ1) is 16.1. The molecule has 1 aliphatic carbocycles. The first-order valence-electron chi connectivity index (χ1n) is 10.6. The quantitative estimate of drug-likeness (QED) is 0.597. The van der Waals surface area contributed by atoms with Crippen LogP contribution in [0.3, 0.4) is 0 Å². The number of carbonyl (C=O) groups is 2. The average Bonchev–Trinajstić information content (AvgIpc) is 3.21. The maximum atomic E-state index is 12.8. The lowest BCUT2D eigenvalue weighted by molar-refractivity contribution is -0.137. The van der Waals surface area contributed by atoms with Gasteiger partial charge < -0.3 is 5.32 Å². The number of hydrogen-bond donors (Lipinski definition) is 1. The van der Waals surface area contributed by atoms with Gasteiger partial charge in [-0.25, -0.2) is 4.68 Å². The summed E-state index contributed by atoms with van der Waals surface area (Å²) in [6.07, 6.45) is -0.113. The summed E-state index contributed by atoms with van der Waals surface area (Å²) in [6, 6.07) is 10.1. The highest BCUT2D eigenvalue weighted by molar-refractivity contribution is 6.04. The maximum Gasteiger partial charge on any atom is 0.416 e. The molecule has 0 spiro atoms. The van der Waals surface area contributed by atoms with E-state index in [1.807, 2.05) is 0 Å². The van der Waals surface area contributed by atoms with Crippen LogP contribution in [0.25, 0.3) is 5.69 Å². The number of nitrogens with one attached hydrogen (secondary N) is 1. The standard InChI is InChI=1S/C24H20F3N5O2/c1-15-20(13-30-32(15)18-5-2-16(3-6-18)24(25,26)27)22(34)31-17-4-7-21(29-12-17)23(14-28)10-8-19(33)9-11-23/h2-7,12-13H,8-11H2,1H3,(H,31,34). The molecule has 1 aliphatic rings. The Bertz CT molecular complexity index is 1260. The smallest absolute Gasteiger partial charge is 0.320 e. The Kier molecular flexibility index (Phi) is 5.96. The molecule has 0 saturated heterocycles. The zero-order chi connectivity index (χ0) is 24.5. The number of aromatic nitrogens is 3. The van der Waals surface area contributed by atoms with E-state index in [2.05, 4.69) is 21.5 Å². The Morgan fingerprint density at radius 2 is 1.79 bits per heavy atom. The van der Waals surface area contributed by atoms with E-state index in [-0.39, 0.29) is 11.3 Å². The van der Waals surface area contributed by atoms with Gasteiger partial charge >= 0.3 is 6.18 Å². The second-order valence-electron chi connectivity index (χ2n) is 8.22. The van der Waals surface area contributed by atoms with Gasteiger partial charge in [0.05, 0.1) is 52.4 Å². The molecule has 1 fully saturated rings. The van der Waals surface area contributed by atoms with Crippen LogP contribution in [-0.4, -0.2) is 26.5 Å². The van der Waals surface area contributed by atoms with Gasteiger partial charge in [-0.1, -0.05) is 0 Å². The molecule has 1 aromatic carbocycles. The van der Waals surface area contributed by atoms with E-state index in [1.54, 1.807) is 19.1 Å². The Morgan fingerprint density at radius 3 is 2.35 bits per heavy atom. The number of pyridine rings is 1. The predicted octanol–water partition coefficient (Wildman–Crippen LogP) is 4.75. The molecule has 0 aliphatic heterocycles. The zero-order valence-electron chi connectivity index (χ0n) is 18.2. The number of nitrogens with zero attached hydrogens (tertiary/aromatic N) is 4. The molecular formula is C24H20F3N5O2. The lowest BCUT2D eigenvalue weighted by Gasteiger charge is -2.29. The monoisotopic (exact) mass is 467 g/mol. The van der Waals surface area contributed by atoms with Crippen LogP contribution >= 0.6 is 0 Å². The Hall–Kier alpha value is -4.00. The minimum atomic E-state index is -4.44. The molecule has 0 radical (unpaired) electrons. The Labute approximate surface area is 193 Å². The van der Waals surface area contributed by atoms with Crippen molar-refractivity contribution < 1.29 is 22.8 Å². The number of benzene rings is 1. The van der Waals surface area contributed by atoms with Crippen LogP contribution in [0.4, 0.5) is 18.9 Å². The molecule has 1 N–H and O–H groups in total. The Morgan fingerprint density at radius 1 is 1.12 bits per heavy atom. The molecule has 4 rings (SSSR count). The largest absolute Gasteiger partial charge is 0.416 e. The number of amides is 1. The number of Topliss-reactive ketones (excluding diaryl/α,β-unsaturated/α-hetero) is 1. The fraction of sp³-hybridized carbons (Fsp3) is 0.292. The van der Waals surface area contributed by atoms with Crippen molar-refractivity contribution in [3.05, 3.63) is 71.3 Å². The summed E-state index contributed by atoms with van der Waals surface area (Å²) in [6.45, 7) is 1.64. The molecule has 34 heavy (non-hydrogen) atoms. The first-order valence-corrected chi connectivity index (χ1v) is 10.6. The van der Waals surface area contributed by atoms with Crippen molar-refractivity contribution in [3.63, 3.8) is 0 Å². The fourth-order valence-corrected chi connectivity index (χ4v) is 4.01. The van der Waals surface area contributed by atoms with Crippen LogP contribution in [0.5, 0.6) is 0 Å². The maximum absolute atomic E-state index is 12.8. The topological polar surface area (TPSA) is 101 Å². The van der Waals surface area contributed by atoms with Crippen molar-refractivity contribution in [2.24, 2.45) is 0 Å². The summed E-state index contributed by atoms with van der Waals surface area (Å²) in [5.41, 5.74) is 0.495. The molecule has 2 heterocycles. The predicted molar refractivity (Wildman–Crippen MR) is 116 cm³/mol. The van der Waals surface area contributed by atoms with Crippen molar-refractivity contribution >= 4 is 17.4 Å². The van der Waals surface area contributed by atoms with Gasteiger partial charge in [-0.3, -0.25) is 14.6 Å².